The number of carbonyl (C=O) groups is 1. The van der Waals surface area contributed by atoms with Gasteiger partial charge in [0, 0.05) is 11.3 Å². The van der Waals surface area contributed by atoms with Crippen LogP contribution in [-0.2, 0) is 0 Å². The van der Waals surface area contributed by atoms with Crippen LogP contribution < -0.4 is 21.2 Å². The number of nitrogens with one attached hydrogen (secondary N) is 2. The third-order valence-corrected chi connectivity index (χ3v) is 9.14. The summed E-state index contributed by atoms with van der Waals surface area (Å²) in [6.07, 6.45) is 0. The number of benzene rings is 5. The van der Waals surface area contributed by atoms with Gasteiger partial charge >= 0.3 is 6.03 Å². The van der Waals surface area contributed by atoms with Gasteiger partial charge in [-0.25, -0.2) is 4.79 Å². The van der Waals surface area contributed by atoms with E-state index in [4.69, 9.17) is 0 Å². The van der Waals surface area contributed by atoms with Crippen molar-refractivity contribution in [2.75, 3.05) is 5.32 Å². The van der Waals surface area contributed by atoms with E-state index in [1.54, 1.807) is 0 Å². The van der Waals surface area contributed by atoms with Gasteiger partial charge in [-0.2, -0.15) is 0 Å². The molecule has 0 aliphatic rings. The zero-order valence-corrected chi connectivity index (χ0v) is 21.3. The lowest BCUT2D eigenvalue weighted by Crippen LogP contribution is -2.37. The molecule has 182 valence electrons. The lowest BCUT2D eigenvalue weighted by Gasteiger charge is -2.36. The minimum Gasteiger partial charge on any atom is -0.330 e. The van der Waals surface area contributed by atoms with Crippen molar-refractivity contribution in [3.05, 3.63) is 163 Å². The molecular weight excluding hydrogens is 471 g/mol. The van der Waals surface area contributed by atoms with Crippen LogP contribution in [0.3, 0.4) is 0 Å². The minimum atomic E-state index is -0.886. The summed E-state index contributed by atoms with van der Waals surface area (Å²) in [5, 5.41) is 8.93. The molecule has 0 aliphatic carbocycles. The van der Waals surface area contributed by atoms with E-state index in [1.165, 1.54) is 16.2 Å². The molecule has 0 radical (unpaired) electrons. The van der Waals surface area contributed by atoms with Gasteiger partial charge in [0.2, 0.25) is 0 Å². The summed E-state index contributed by atoms with van der Waals surface area (Å²) in [4.78, 5) is 13.4. The van der Waals surface area contributed by atoms with Crippen LogP contribution in [-0.4, -0.2) is 6.03 Å². The Bertz CT molecular complexity index is 1340. The molecule has 0 bridgehead atoms. The second-order valence-electron chi connectivity index (χ2n) is 8.75. The first-order valence-corrected chi connectivity index (χ1v) is 13.8. The van der Waals surface area contributed by atoms with Crippen molar-refractivity contribution >= 4 is 30.2 Å². The molecule has 2 amide bonds. The van der Waals surface area contributed by atoms with Gasteiger partial charge in [0.25, 0.3) is 0 Å². The van der Waals surface area contributed by atoms with Crippen LogP contribution in [0.25, 0.3) is 0 Å². The third-order valence-electron chi connectivity index (χ3n) is 6.28. The Morgan fingerprint density at radius 3 is 1.41 bits per heavy atom. The van der Waals surface area contributed by atoms with Crippen LogP contribution in [0.1, 0.15) is 22.8 Å². The molecule has 5 aromatic rings. The third kappa shape index (κ3) is 6.14. The molecule has 0 saturated heterocycles. The molecule has 0 saturated carbocycles. The molecule has 0 heterocycles. The Labute approximate surface area is 220 Å². The van der Waals surface area contributed by atoms with Crippen LogP contribution in [0.2, 0.25) is 0 Å². The van der Waals surface area contributed by atoms with Crippen LogP contribution >= 0.6 is 7.92 Å². The Morgan fingerprint density at radius 2 is 0.919 bits per heavy atom. The van der Waals surface area contributed by atoms with Crippen molar-refractivity contribution in [1.82, 2.24) is 5.32 Å². The number of hydrogen-bond donors (Lipinski definition) is 2. The highest BCUT2D eigenvalue weighted by Crippen LogP contribution is 2.55. The van der Waals surface area contributed by atoms with Crippen molar-refractivity contribution in [3.63, 3.8) is 0 Å². The summed E-state index contributed by atoms with van der Waals surface area (Å²) in [5.74, 6) is 0. The van der Waals surface area contributed by atoms with Crippen LogP contribution in [0, 0.1) is 0 Å². The van der Waals surface area contributed by atoms with Crippen LogP contribution in [0.15, 0.2) is 152 Å². The molecular formula is C33H29N2OP. The van der Waals surface area contributed by atoms with Crippen molar-refractivity contribution in [2.45, 2.75) is 11.7 Å². The van der Waals surface area contributed by atoms with Gasteiger partial charge in [0.05, 0.1) is 6.04 Å². The van der Waals surface area contributed by atoms with Crippen molar-refractivity contribution in [2.24, 2.45) is 0 Å². The zero-order valence-electron chi connectivity index (χ0n) is 20.4. The highest BCUT2D eigenvalue weighted by molar-refractivity contribution is 7.73. The summed E-state index contributed by atoms with van der Waals surface area (Å²) in [7, 11) is -0.886. The molecule has 5 aromatic carbocycles. The molecule has 2 atom stereocenters. The second kappa shape index (κ2) is 12.2. The molecule has 2 N–H and O–H groups in total. The fourth-order valence-electron chi connectivity index (χ4n) is 4.62. The summed E-state index contributed by atoms with van der Waals surface area (Å²) in [5.41, 5.74) is 3.01. The van der Waals surface area contributed by atoms with Gasteiger partial charge in [-0.3, -0.25) is 0 Å². The number of para-hydroxylation sites is 1. The molecule has 0 unspecified atom stereocenters. The van der Waals surface area contributed by atoms with E-state index in [1.807, 2.05) is 54.6 Å². The first-order chi connectivity index (χ1) is 18.3. The molecule has 0 spiro atoms. The predicted octanol–water partition coefficient (Wildman–Crippen LogP) is 7.42. The number of anilines is 1. The maximum absolute atomic E-state index is 13.4. The fourth-order valence-corrected chi connectivity index (χ4v) is 7.57. The summed E-state index contributed by atoms with van der Waals surface area (Å²) in [6.45, 7) is 0. The molecule has 0 aromatic heterocycles. The highest BCUT2D eigenvalue weighted by Gasteiger charge is 2.35. The van der Waals surface area contributed by atoms with E-state index >= 15 is 0 Å². The fraction of sp³-hybridized carbons (Fsp3) is 0.0606. The maximum atomic E-state index is 13.4. The van der Waals surface area contributed by atoms with Gasteiger partial charge < -0.3 is 10.6 Å². The lowest BCUT2D eigenvalue weighted by molar-refractivity contribution is 0.248. The second-order valence-corrected chi connectivity index (χ2v) is 11.1. The number of hydrogen-bond acceptors (Lipinski definition) is 1. The predicted molar refractivity (Wildman–Crippen MR) is 156 cm³/mol. The average molecular weight is 501 g/mol. The molecule has 3 nitrogen and oxygen atoms in total. The van der Waals surface area contributed by atoms with E-state index in [-0.39, 0.29) is 17.7 Å². The van der Waals surface area contributed by atoms with Crippen LogP contribution in [0.5, 0.6) is 0 Å². The highest BCUT2D eigenvalue weighted by atomic mass is 31.1. The molecule has 0 fully saturated rings. The standard InChI is InChI=1S/C33H29N2OP/c36-33(34-28-20-10-3-11-21-28)35-31(26-16-6-1-7-17-26)32(27-18-8-2-9-19-27)37(29-22-12-4-13-23-29)30-24-14-5-15-25-30/h1-25,31-32H,(H2,34,35,36)/t31-,32-/m0/s1. The minimum absolute atomic E-state index is 0.00933. The summed E-state index contributed by atoms with van der Waals surface area (Å²) >= 11 is 0. The van der Waals surface area contributed by atoms with E-state index in [0.29, 0.717) is 0 Å². The van der Waals surface area contributed by atoms with Gasteiger partial charge in [0.1, 0.15) is 0 Å². The van der Waals surface area contributed by atoms with Gasteiger partial charge in [-0.1, -0.05) is 140 Å². The van der Waals surface area contributed by atoms with Gasteiger partial charge in [-0.15, -0.1) is 0 Å². The Hall–Kier alpha value is -4.20. The Kier molecular flexibility index (Phi) is 8.05. The quantitative estimate of drug-likeness (QED) is 0.214. The maximum Gasteiger partial charge on any atom is 0.319 e. The smallest absolute Gasteiger partial charge is 0.319 e. The number of urea groups is 1. The number of amides is 2. The summed E-state index contributed by atoms with van der Waals surface area (Å²) < 4.78 is 0. The van der Waals surface area contributed by atoms with E-state index in [0.717, 1.165) is 11.3 Å². The van der Waals surface area contributed by atoms with Crippen molar-refractivity contribution < 1.29 is 4.79 Å². The topological polar surface area (TPSA) is 41.1 Å². The first-order valence-electron chi connectivity index (χ1n) is 12.4. The van der Waals surface area contributed by atoms with Crippen molar-refractivity contribution in [1.29, 1.82) is 0 Å². The first kappa shape index (κ1) is 24.5. The SMILES string of the molecule is O=C(Nc1ccccc1)N[C@@H](c1ccccc1)[C@H](c1ccccc1)P(c1ccccc1)c1ccccc1. The van der Waals surface area contributed by atoms with E-state index in [9.17, 15) is 4.79 Å². The molecule has 5 rings (SSSR count). The van der Waals surface area contributed by atoms with Gasteiger partial charge in [-0.05, 0) is 41.8 Å². The monoisotopic (exact) mass is 500 g/mol. The molecule has 4 heteroatoms. The lowest BCUT2D eigenvalue weighted by atomic mass is 9.98. The van der Waals surface area contributed by atoms with Crippen LogP contribution in [0.4, 0.5) is 10.5 Å². The largest absolute Gasteiger partial charge is 0.330 e. The number of carbonyl (C=O) groups excluding carboxylic acids is 1. The normalized spacial score (nSPS) is 12.5. The average Bonchev–Trinajstić information content (AvgIpc) is 2.97. The Morgan fingerprint density at radius 1 is 0.514 bits per heavy atom. The number of rotatable bonds is 8. The van der Waals surface area contributed by atoms with Gasteiger partial charge in [0.15, 0.2) is 0 Å². The van der Waals surface area contributed by atoms with E-state index in [2.05, 4.69) is 108 Å². The van der Waals surface area contributed by atoms with E-state index < -0.39 is 7.92 Å². The van der Waals surface area contributed by atoms with Crippen molar-refractivity contribution in [3.8, 4) is 0 Å². The Balaban J connectivity index is 1.64. The molecule has 0 aliphatic heterocycles. The summed E-state index contributed by atoms with van der Waals surface area (Å²) in [6, 6.07) is 51.3. The molecule has 37 heavy (non-hydrogen) atoms. The zero-order chi connectivity index (χ0) is 25.3.